The van der Waals surface area contributed by atoms with Gasteiger partial charge < -0.3 is 10.1 Å². The number of rotatable bonds is 7. The van der Waals surface area contributed by atoms with Crippen molar-refractivity contribution in [1.82, 2.24) is 14.8 Å². The molecule has 1 N–H and O–H groups in total. The second-order valence-electron chi connectivity index (χ2n) is 7.61. The van der Waals surface area contributed by atoms with Crippen molar-refractivity contribution in [2.45, 2.75) is 44.6 Å². The van der Waals surface area contributed by atoms with Gasteiger partial charge in [-0.05, 0) is 54.2 Å². The van der Waals surface area contributed by atoms with E-state index in [9.17, 15) is 4.79 Å². The molecule has 0 unspecified atom stereocenters. The average Bonchev–Trinajstić information content (AvgIpc) is 3.20. The number of hydrogen-bond acceptors (Lipinski definition) is 4. The summed E-state index contributed by atoms with van der Waals surface area (Å²) in [6.45, 7) is 0.520. The number of benzene rings is 1. The summed E-state index contributed by atoms with van der Waals surface area (Å²) in [6, 6.07) is 11.3. The molecule has 1 aromatic carbocycles. The van der Waals surface area contributed by atoms with Crippen LogP contribution in [0.5, 0.6) is 5.75 Å². The summed E-state index contributed by atoms with van der Waals surface area (Å²) < 4.78 is 7.63. The standard InChI is InChI=1S/C23H25ClN4O2/c24-19-8-9-21(20(13-19)18-6-2-1-3-7-18)30-16-23(29)26-22-10-12-28(27-22)15-17-5-4-11-25-14-17/h4-5,8-14,18H,1-3,6-7,15-16H2,(H,26,27,29). The minimum absolute atomic E-state index is 0.0726. The van der Waals surface area contributed by atoms with Gasteiger partial charge in [0.2, 0.25) is 0 Å². The number of pyridine rings is 1. The maximum atomic E-state index is 12.4. The minimum Gasteiger partial charge on any atom is -0.483 e. The summed E-state index contributed by atoms with van der Waals surface area (Å²) >= 11 is 6.22. The third-order valence-electron chi connectivity index (χ3n) is 5.35. The van der Waals surface area contributed by atoms with E-state index in [-0.39, 0.29) is 12.5 Å². The minimum atomic E-state index is -0.244. The van der Waals surface area contributed by atoms with Gasteiger partial charge in [-0.2, -0.15) is 5.10 Å². The van der Waals surface area contributed by atoms with Crippen LogP contribution in [-0.2, 0) is 11.3 Å². The van der Waals surface area contributed by atoms with E-state index in [1.54, 1.807) is 29.2 Å². The van der Waals surface area contributed by atoms with Gasteiger partial charge in [-0.1, -0.05) is 36.9 Å². The zero-order valence-electron chi connectivity index (χ0n) is 16.8. The van der Waals surface area contributed by atoms with Gasteiger partial charge in [0.15, 0.2) is 12.4 Å². The summed E-state index contributed by atoms with van der Waals surface area (Å²) in [6.07, 6.45) is 11.3. The molecule has 0 aliphatic heterocycles. The molecule has 1 aliphatic carbocycles. The number of hydrogen-bond donors (Lipinski definition) is 1. The van der Waals surface area contributed by atoms with Crippen molar-refractivity contribution in [3.63, 3.8) is 0 Å². The van der Waals surface area contributed by atoms with Crippen LogP contribution in [0.1, 0.15) is 49.1 Å². The molecule has 30 heavy (non-hydrogen) atoms. The molecule has 2 heterocycles. The van der Waals surface area contributed by atoms with Gasteiger partial charge in [0.05, 0.1) is 6.54 Å². The van der Waals surface area contributed by atoms with Crippen LogP contribution in [-0.4, -0.2) is 27.3 Å². The molecule has 0 radical (unpaired) electrons. The van der Waals surface area contributed by atoms with E-state index < -0.39 is 0 Å². The van der Waals surface area contributed by atoms with E-state index in [2.05, 4.69) is 15.4 Å². The van der Waals surface area contributed by atoms with Crippen molar-refractivity contribution < 1.29 is 9.53 Å². The first-order chi connectivity index (χ1) is 14.7. The number of carbonyl (C=O) groups excluding carboxylic acids is 1. The number of amides is 1. The Morgan fingerprint density at radius 3 is 2.87 bits per heavy atom. The first-order valence-corrected chi connectivity index (χ1v) is 10.7. The number of aromatic nitrogens is 3. The van der Waals surface area contributed by atoms with Crippen LogP contribution in [0.4, 0.5) is 5.82 Å². The lowest BCUT2D eigenvalue weighted by Gasteiger charge is -2.24. The van der Waals surface area contributed by atoms with Gasteiger partial charge in [0.1, 0.15) is 5.75 Å². The zero-order chi connectivity index (χ0) is 20.8. The molecule has 1 amide bonds. The molecule has 4 rings (SSSR count). The Kier molecular flexibility index (Phi) is 6.64. The van der Waals surface area contributed by atoms with Crippen molar-refractivity contribution in [3.8, 4) is 5.75 Å². The number of carbonyl (C=O) groups is 1. The molecular formula is C23H25ClN4O2. The van der Waals surface area contributed by atoms with Gasteiger partial charge in [-0.3, -0.25) is 14.5 Å². The molecule has 0 spiro atoms. The Hall–Kier alpha value is -2.86. The second kappa shape index (κ2) is 9.76. The van der Waals surface area contributed by atoms with E-state index in [0.717, 1.165) is 29.7 Å². The molecule has 7 heteroatoms. The molecule has 6 nitrogen and oxygen atoms in total. The van der Waals surface area contributed by atoms with E-state index in [0.29, 0.717) is 23.3 Å². The van der Waals surface area contributed by atoms with Crippen molar-refractivity contribution in [2.75, 3.05) is 11.9 Å². The van der Waals surface area contributed by atoms with Crippen LogP contribution < -0.4 is 10.1 Å². The highest BCUT2D eigenvalue weighted by molar-refractivity contribution is 6.30. The van der Waals surface area contributed by atoms with Gasteiger partial charge in [-0.25, -0.2) is 0 Å². The van der Waals surface area contributed by atoms with Crippen molar-refractivity contribution in [3.05, 3.63) is 71.1 Å². The predicted molar refractivity (Wildman–Crippen MR) is 117 cm³/mol. The fourth-order valence-electron chi connectivity index (χ4n) is 3.90. The molecule has 1 fully saturated rings. The lowest BCUT2D eigenvalue weighted by atomic mass is 9.84. The lowest BCUT2D eigenvalue weighted by molar-refractivity contribution is -0.118. The Morgan fingerprint density at radius 2 is 2.07 bits per heavy atom. The SMILES string of the molecule is O=C(COc1ccc(Cl)cc1C1CCCCC1)Nc1ccn(Cc2cccnc2)n1. The largest absolute Gasteiger partial charge is 0.483 e. The molecule has 3 aromatic rings. The fraction of sp³-hybridized carbons (Fsp3) is 0.348. The summed E-state index contributed by atoms with van der Waals surface area (Å²) in [7, 11) is 0. The van der Waals surface area contributed by atoms with Crippen LogP contribution in [0.3, 0.4) is 0 Å². The third kappa shape index (κ3) is 5.39. The van der Waals surface area contributed by atoms with Gasteiger partial charge in [0, 0.05) is 29.7 Å². The zero-order valence-corrected chi connectivity index (χ0v) is 17.5. The quantitative estimate of drug-likeness (QED) is 0.576. The van der Waals surface area contributed by atoms with Crippen molar-refractivity contribution in [1.29, 1.82) is 0 Å². The van der Waals surface area contributed by atoms with E-state index in [1.807, 2.05) is 30.5 Å². The number of nitrogens with zero attached hydrogens (tertiary/aromatic N) is 3. The van der Waals surface area contributed by atoms with Crippen LogP contribution >= 0.6 is 11.6 Å². The van der Waals surface area contributed by atoms with Gasteiger partial charge in [0.25, 0.3) is 5.91 Å². The Labute approximate surface area is 181 Å². The summed E-state index contributed by atoms with van der Waals surface area (Å²) in [4.78, 5) is 16.5. The molecule has 0 bridgehead atoms. The second-order valence-corrected chi connectivity index (χ2v) is 8.05. The number of halogens is 1. The molecule has 156 valence electrons. The van der Waals surface area contributed by atoms with Crippen LogP contribution in [0.2, 0.25) is 5.02 Å². The molecule has 1 aliphatic rings. The van der Waals surface area contributed by atoms with E-state index >= 15 is 0 Å². The number of nitrogens with one attached hydrogen (secondary N) is 1. The summed E-state index contributed by atoms with van der Waals surface area (Å²) in [5.41, 5.74) is 2.15. The van der Waals surface area contributed by atoms with E-state index in [1.165, 1.54) is 19.3 Å². The lowest BCUT2D eigenvalue weighted by Crippen LogP contribution is -2.21. The first kappa shape index (κ1) is 20.4. The molecular weight excluding hydrogens is 400 g/mol. The van der Waals surface area contributed by atoms with Crippen LogP contribution in [0.15, 0.2) is 55.0 Å². The highest BCUT2D eigenvalue weighted by Crippen LogP contribution is 2.38. The molecule has 0 atom stereocenters. The fourth-order valence-corrected chi connectivity index (χ4v) is 4.08. The van der Waals surface area contributed by atoms with E-state index in [4.69, 9.17) is 16.3 Å². The Balaban J connectivity index is 1.34. The maximum Gasteiger partial charge on any atom is 0.263 e. The third-order valence-corrected chi connectivity index (χ3v) is 5.59. The summed E-state index contributed by atoms with van der Waals surface area (Å²) in [5.74, 6) is 1.43. The Morgan fingerprint density at radius 1 is 1.20 bits per heavy atom. The van der Waals surface area contributed by atoms with Crippen molar-refractivity contribution >= 4 is 23.3 Å². The normalized spacial score (nSPS) is 14.4. The predicted octanol–water partition coefficient (Wildman–Crippen LogP) is 5.05. The monoisotopic (exact) mass is 424 g/mol. The Bertz CT molecular complexity index is 984. The number of anilines is 1. The topological polar surface area (TPSA) is 69.0 Å². The number of ether oxygens (including phenoxy) is 1. The van der Waals surface area contributed by atoms with Crippen molar-refractivity contribution in [2.24, 2.45) is 0 Å². The van der Waals surface area contributed by atoms with Gasteiger partial charge >= 0.3 is 0 Å². The van der Waals surface area contributed by atoms with Crippen LogP contribution in [0, 0.1) is 0 Å². The molecule has 2 aromatic heterocycles. The van der Waals surface area contributed by atoms with Crippen LogP contribution in [0.25, 0.3) is 0 Å². The smallest absolute Gasteiger partial charge is 0.263 e. The molecule has 0 saturated heterocycles. The highest BCUT2D eigenvalue weighted by atomic mass is 35.5. The summed E-state index contributed by atoms with van der Waals surface area (Å²) in [5, 5.41) is 7.88. The van der Waals surface area contributed by atoms with Gasteiger partial charge in [-0.15, -0.1) is 0 Å². The average molecular weight is 425 g/mol. The maximum absolute atomic E-state index is 12.4. The first-order valence-electron chi connectivity index (χ1n) is 10.3. The molecule has 1 saturated carbocycles. The highest BCUT2D eigenvalue weighted by Gasteiger charge is 2.20.